The second-order valence-electron chi connectivity index (χ2n) is 11.0. The second kappa shape index (κ2) is 20.0. The van der Waals surface area contributed by atoms with Crippen LogP contribution < -0.4 is 21.5 Å². The van der Waals surface area contributed by atoms with Gasteiger partial charge in [0.25, 0.3) is 0 Å². The van der Waals surface area contributed by atoms with Crippen LogP contribution in [0.15, 0.2) is 134 Å². The van der Waals surface area contributed by atoms with E-state index in [0.29, 0.717) is 0 Å². The molecule has 0 fully saturated rings. The molecule has 3 heteroatoms. The van der Waals surface area contributed by atoms with Crippen molar-refractivity contribution in [3.05, 3.63) is 150 Å². The molecular formula is C40H45Br2N. The van der Waals surface area contributed by atoms with Gasteiger partial charge < -0.3 is 17.0 Å². The first-order chi connectivity index (χ1) is 20.7. The van der Waals surface area contributed by atoms with Crippen molar-refractivity contribution in [2.45, 2.75) is 64.8 Å². The fraction of sp³-hybridized carbons (Fsp3) is 0.275. The van der Waals surface area contributed by atoms with Crippen molar-refractivity contribution in [3.8, 4) is 22.3 Å². The van der Waals surface area contributed by atoms with Gasteiger partial charge in [0, 0.05) is 23.9 Å². The Balaban J connectivity index is 0.000000239. The van der Waals surface area contributed by atoms with Gasteiger partial charge in [-0.2, -0.15) is 0 Å². The number of aromatic nitrogens is 1. The third-order valence-electron chi connectivity index (χ3n) is 7.66. The van der Waals surface area contributed by atoms with Gasteiger partial charge in [-0.1, -0.05) is 132 Å². The number of hydrogen-bond acceptors (Lipinski definition) is 0. The van der Waals surface area contributed by atoms with E-state index in [9.17, 15) is 0 Å². The fourth-order valence-electron chi connectivity index (χ4n) is 5.07. The third-order valence-corrected chi connectivity index (χ3v) is 8.22. The summed E-state index contributed by atoms with van der Waals surface area (Å²) in [7, 11) is 0. The SMILES string of the molecule is BrCCCCCc1ccc(-c2ccccc2)cc1.Cc1cc[n+](CCCCCc2ccc(-c3ccccc3)cc2)cc1.[Br-]. The smallest absolute Gasteiger partial charge is 0.169 e. The van der Waals surface area contributed by atoms with Crippen LogP contribution in [0.1, 0.15) is 55.2 Å². The number of pyridine rings is 1. The van der Waals surface area contributed by atoms with Gasteiger partial charge in [-0.05, 0) is 84.4 Å². The predicted octanol–water partition coefficient (Wildman–Crippen LogP) is 7.83. The van der Waals surface area contributed by atoms with E-state index >= 15 is 0 Å². The third kappa shape index (κ3) is 12.6. The minimum absolute atomic E-state index is 0. The molecule has 0 atom stereocenters. The molecular weight excluding hydrogens is 654 g/mol. The molecule has 5 rings (SSSR count). The number of hydrogen-bond donors (Lipinski definition) is 0. The van der Waals surface area contributed by atoms with Crippen LogP contribution in [0, 0.1) is 6.92 Å². The summed E-state index contributed by atoms with van der Waals surface area (Å²) >= 11 is 3.47. The zero-order chi connectivity index (χ0) is 29.2. The molecule has 0 amide bonds. The first-order valence-electron chi connectivity index (χ1n) is 15.5. The molecule has 0 spiro atoms. The van der Waals surface area contributed by atoms with Crippen molar-refractivity contribution in [2.24, 2.45) is 0 Å². The Bertz CT molecular complexity index is 1400. The lowest BCUT2D eigenvalue weighted by Crippen LogP contribution is -3.00. The lowest BCUT2D eigenvalue weighted by atomic mass is 10.0. The topological polar surface area (TPSA) is 3.88 Å². The lowest BCUT2D eigenvalue weighted by molar-refractivity contribution is -0.697. The maximum Gasteiger partial charge on any atom is 0.169 e. The summed E-state index contributed by atoms with van der Waals surface area (Å²) in [6.45, 7) is 3.25. The summed E-state index contributed by atoms with van der Waals surface area (Å²) in [6.07, 6.45) is 14.4. The van der Waals surface area contributed by atoms with Crippen LogP contribution in [-0.4, -0.2) is 5.33 Å². The normalized spacial score (nSPS) is 10.4. The quantitative estimate of drug-likeness (QED) is 0.0671. The molecule has 0 aliphatic carbocycles. The molecule has 0 unspecified atom stereocenters. The number of benzene rings is 4. The standard InChI is InChI=1S/C23H26N.C17H19Br.BrH/c1-20-15-18-24(19-16-20)17-7-3-4-8-21-11-13-23(14-12-21)22-9-5-2-6-10-22;18-14-6-2-3-7-15-10-12-17(13-11-15)16-8-4-1-5-9-16;/h2,5-6,9-16,18-19H,3-4,7-8,17H2,1H3;1,4-5,8-13H,2-3,6-7,14H2;1H/q+1;;/p-1. The molecule has 224 valence electrons. The van der Waals surface area contributed by atoms with Crippen LogP contribution >= 0.6 is 15.9 Å². The van der Waals surface area contributed by atoms with Crippen molar-refractivity contribution in [1.29, 1.82) is 0 Å². The van der Waals surface area contributed by atoms with E-state index in [1.165, 1.54) is 90.3 Å². The minimum atomic E-state index is 0. The average molecular weight is 700 g/mol. The van der Waals surface area contributed by atoms with E-state index in [0.717, 1.165) is 11.9 Å². The first-order valence-corrected chi connectivity index (χ1v) is 16.6. The van der Waals surface area contributed by atoms with Gasteiger partial charge in [0.2, 0.25) is 0 Å². The van der Waals surface area contributed by atoms with E-state index in [-0.39, 0.29) is 17.0 Å². The molecule has 0 saturated heterocycles. The van der Waals surface area contributed by atoms with Gasteiger partial charge in [0.05, 0.1) is 0 Å². The zero-order valence-electron chi connectivity index (χ0n) is 25.5. The summed E-state index contributed by atoms with van der Waals surface area (Å²) in [5.41, 5.74) is 9.41. The molecule has 4 aromatic carbocycles. The predicted molar refractivity (Wildman–Crippen MR) is 184 cm³/mol. The largest absolute Gasteiger partial charge is 1.00 e. The number of unbranched alkanes of at least 4 members (excludes halogenated alkanes) is 4. The van der Waals surface area contributed by atoms with Crippen molar-refractivity contribution in [1.82, 2.24) is 0 Å². The van der Waals surface area contributed by atoms with E-state index in [2.05, 4.69) is 161 Å². The van der Waals surface area contributed by atoms with Crippen LogP contribution in [0.4, 0.5) is 0 Å². The number of aryl methyl sites for hydroxylation is 4. The van der Waals surface area contributed by atoms with E-state index in [1.807, 2.05) is 0 Å². The molecule has 1 nitrogen and oxygen atoms in total. The minimum Gasteiger partial charge on any atom is -1.00 e. The van der Waals surface area contributed by atoms with E-state index in [4.69, 9.17) is 0 Å². The molecule has 0 bridgehead atoms. The Labute approximate surface area is 278 Å². The zero-order valence-corrected chi connectivity index (χ0v) is 28.6. The van der Waals surface area contributed by atoms with Gasteiger partial charge in [0.1, 0.15) is 6.54 Å². The number of nitrogens with zero attached hydrogens (tertiary/aromatic N) is 1. The van der Waals surface area contributed by atoms with E-state index < -0.39 is 0 Å². The first kappa shape index (κ1) is 34.5. The second-order valence-corrected chi connectivity index (χ2v) is 11.8. The molecule has 0 aliphatic rings. The van der Waals surface area contributed by atoms with Gasteiger partial charge >= 0.3 is 0 Å². The Morgan fingerprint density at radius 1 is 0.465 bits per heavy atom. The van der Waals surface area contributed by atoms with Crippen LogP contribution in [-0.2, 0) is 19.4 Å². The summed E-state index contributed by atoms with van der Waals surface area (Å²) in [5, 5.41) is 1.12. The molecule has 1 heterocycles. The highest BCUT2D eigenvalue weighted by atomic mass is 79.9. The van der Waals surface area contributed by atoms with Crippen LogP contribution in [0.25, 0.3) is 22.3 Å². The highest BCUT2D eigenvalue weighted by Gasteiger charge is 2.01. The molecule has 0 N–H and O–H groups in total. The van der Waals surface area contributed by atoms with Crippen LogP contribution in [0.3, 0.4) is 0 Å². The maximum atomic E-state index is 3.47. The molecule has 1 aromatic heterocycles. The Morgan fingerprint density at radius 2 is 0.884 bits per heavy atom. The Morgan fingerprint density at radius 3 is 1.33 bits per heavy atom. The molecule has 43 heavy (non-hydrogen) atoms. The molecule has 0 saturated carbocycles. The fourth-order valence-corrected chi connectivity index (χ4v) is 5.47. The number of halogens is 2. The molecule has 0 aliphatic heterocycles. The number of alkyl halides is 1. The summed E-state index contributed by atoms with van der Waals surface area (Å²) in [6, 6.07) is 43.5. The van der Waals surface area contributed by atoms with Gasteiger partial charge in [0.15, 0.2) is 12.4 Å². The van der Waals surface area contributed by atoms with Gasteiger partial charge in [-0.25, -0.2) is 4.57 Å². The summed E-state index contributed by atoms with van der Waals surface area (Å²) in [4.78, 5) is 0. The molecule has 5 aromatic rings. The van der Waals surface area contributed by atoms with Crippen LogP contribution in [0.5, 0.6) is 0 Å². The highest BCUT2D eigenvalue weighted by molar-refractivity contribution is 9.09. The van der Waals surface area contributed by atoms with Crippen molar-refractivity contribution >= 4 is 15.9 Å². The van der Waals surface area contributed by atoms with Crippen molar-refractivity contribution in [2.75, 3.05) is 5.33 Å². The van der Waals surface area contributed by atoms with Gasteiger partial charge in [-0.15, -0.1) is 0 Å². The van der Waals surface area contributed by atoms with E-state index in [1.54, 1.807) is 0 Å². The molecule has 0 radical (unpaired) electrons. The van der Waals surface area contributed by atoms with Crippen LogP contribution in [0.2, 0.25) is 0 Å². The Hall–Kier alpha value is -3.01. The highest BCUT2D eigenvalue weighted by Crippen LogP contribution is 2.21. The number of rotatable bonds is 13. The lowest BCUT2D eigenvalue weighted by Gasteiger charge is -2.04. The Kier molecular flexibility index (Phi) is 16.1. The van der Waals surface area contributed by atoms with Crippen molar-refractivity contribution < 1.29 is 21.5 Å². The maximum absolute atomic E-state index is 3.47. The summed E-state index contributed by atoms with van der Waals surface area (Å²) in [5.74, 6) is 0. The van der Waals surface area contributed by atoms with Crippen molar-refractivity contribution in [3.63, 3.8) is 0 Å². The monoisotopic (exact) mass is 697 g/mol. The average Bonchev–Trinajstić information content (AvgIpc) is 3.06. The van der Waals surface area contributed by atoms with Gasteiger partial charge in [-0.3, -0.25) is 0 Å². The summed E-state index contributed by atoms with van der Waals surface area (Å²) < 4.78 is 2.28.